The number of benzene rings is 1. The number of likely N-dealkylation sites (tertiary alicyclic amines) is 1. The van der Waals surface area contributed by atoms with Crippen molar-refractivity contribution in [2.75, 3.05) is 26.7 Å². The summed E-state index contributed by atoms with van der Waals surface area (Å²) in [5.41, 5.74) is 2.68. The van der Waals surface area contributed by atoms with Gasteiger partial charge in [0.1, 0.15) is 5.69 Å². The lowest BCUT2D eigenvalue weighted by Gasteiger charge is -2.38. The lowest BCUT2D eigenvalue weighted by molar-refractivity contribution is -0.0394. The first kappa shape index (κ1) is 19.1. The Morgan fingerprint density at radius 1 is 1.18 bits per heavy atom. The molecule has 2 aliphatic heterocycles. The van der Waals surface area contributed by atoms with E-state index >= 15 is 0 Å². The third-order valence-electron chi connectivity index (χ3n) is 6.16. The van der Waals surface area contributed by atoms with Crippen LogP contribution in [-0.4, -0.2) is 59.1 Å². The number of rotatable bonds is 4. The smallest absolute Gasteiger partial charge is 0.272 e. The molecule has 0 N–H and O–H groups in total. The zero-order valence-corrected chi connectivity index (χ0v) is 16.8. The number of hydrogen-bond donors (Lipinski definition) is 0. The molecule has 0 radical (unpaired) electrons. The minimum atomic E-state index is -0.0770. The van der Waals surface area contributed by atoms with Crippen LogP contribution in [-0.2, 0) is 11.3 Å². The maximum atomic E-state index is 12.7. The minimum absolute atomic E-state index is 0.0364. The number of nitrogens with zero attached hydrogens (tertiary/aromatic N) is 3. The molecule has 4 rings (SSSR count). The molecule has 5 heteroatoms. The van der Waals surface area contributed by atoms with E-state index in [4.69, 9.17) is 4.74 Å². The van der Waals surface area contributed by atoms with Crippen molar-refractivity contribution < 1.29 is 9.53 Å². The molecule has 2 fully saturated rings. The van der Waals surface area contributed by atoms with Crippen molar-refractivity contribution in [2.24, 2.45) is 0 Å². The predicted octanol–water partition coefficient (Wildman–Crippen LogP) is 3.29. The number of amides is 1. The molecule has 1 spiro atoms. The van der Waals surface area contributed by atoms with Gasteiger partial charge in [-0.1, -0.05) is 36.4 Å². The Morgan fingerprint density at radius 3 is 2.64 bits per heavy atom. The maximum Gasteiger partial charge on any atom is 0.272 e. The SMILES string of the molecule is Cc1cccc(C(=O)N2CCC3(CC2)C[C@@H](N(C)Cc2ccccc2)CO3)n1. The molecule has 1 amide bonds. The van der Waals surface area contributed by atoms with Gasteiger partial charge < -0.3 is 9.64 Å². The number of aromatic nitrogens is 1. The van der Waals surface area contributed by atoms with E-state index in [-0.39, 0.29) is 11.5 Å². The van der Waals surface area contributed by atoms with E-state index in [2.05, 4.69) is 47.3 Å². The first-order valence-corrected chi connectivity index (χ1v) is 10.2. The quantitative estimate of drug-likeness (QED) is 0.818. The van der Waals surface area contributed by atoms with E-state index in [1.54, 1.807) is 6.07 Å². The molecule has 1 atom stereocenters. The Bertz CT molecular complexity index is 816. The fourth-order valence-electron chi connectivity index (χ4n) is 4.39. The van der Waals surface area contributed by atoms with Crippen LogP contribution in [0.3, 0.4) is 0 Å². The molecule has 148 valence electrons. The van der Waals surface area contributed by atoms with Crippen LogP contribution >= 0.6 is 0 Å². The number of carbonyl (C=O) groups excluding carboxylic acids is 1. The highest BCUT2D eigenvalue weighted by Gasteiger charge is 2.44. The van der Waals surface area contributed by atoms with Gasteiger partial charge in [0.05, 0.1) is 12.2 Å². The van der Waals surface area contributed by atoms with Crippen LogP contribution in [0.5, 0.6) is 0 Å². The van der Waals surface area contributed by atoms with Gasteiger partial charge in [0.15, 0.2) is 0 Å². The van der Waals surface area contributed by atoms with E-state index < -0.39 is 0 Å². The third-order valence-corrected chi connectivity index (χ3v) is 6.16. The summed E-state index contributed by atoms with van der Waals surface area (Å²) in [6.45, 7) is 5.11. The highest BCUT2D eigenvalue weighted by atomic mass is 16.5. The molecule has 0 saturated carbocycles. The van der Waals surface area contributed by atoms with E-state index in [0.717, 1.165) is 51.2 Å². The third kappa shape index (κ3) is 4.10. The maximum absolute atomic E-state index is 12.7. The van der Waals surface area contributed by atoms with Crippen LogP contribution in [0.25, 0.3) is 0 Å². The summed E-state index contributed by atoms with van der Waals surface area (Å²) in [6.07, 6.45) is 2.85. The lowest BCUT2D eigenvalue weighted by atomic mass is 9.87. The van der Waals surface area contributed by atoms with Gasteiger partial charge in [-0.25, -0.2) is 4.98 Å². The van der Waals surface area contributed by atoms with E-state index in [0.29, 0.717) is 11.7 Å². The topological polar surface area (TPSA) is 45.7 Å². The molecule has 0 aliphatic carbocycles. The summed E-state index contributed by atoms with van der Waals surface area (Å²) in [5.74, 6) is 0.0364. The van der Waals surface area contributed by atoms with Crippen molar-refractivity contribution in [2.45, 2.75) is 44.4 Å². The molecule has 3 heterocycles. The van der Waals surface area contributed by atoms with Gasteiger partial charge in [0, 0.05) is 31.4 Å². The summed E-state index contributed by atoms with van der Waals surface area (Å²) in [4.78, 5) is 21.5. The monoisotopic (exact) mass is 379 g/mol. The molecule has 0 unspecified atom stereocenters. The van der Waals surface area contributed by atoms with Gasteiger partial charge in [-0.05, 0) is 50.9 Å². The first-order chi connectivity index (χ1) is 13.5. The van der Waals surface area contributed by atoms with Crippen LogP contribution in [0.15, 0.2) is 48.5 Å². The molecule has 2 aliphatic rings. The van der Waals surface area contributed by atoms with Crippen molar-refractivity contribution in [3.05, 3.63) is 65.5 Å². The average molecular weight is 380 g/mol. The number of piperidine rings is 1. The second-order valence-corrected chi connectivity index (χ2v) is 8.21. The number of carbonyl (C=O) groups is 1. The lowest BCUT2D eigenvalue weighted by Crippen LogP contribution is -2.47. The van der Waals surface area contributed by atoms with Crippen molar-refractivity contribution in [1.82, 2.24) is 14.8 Å². The fourth-order valence-corrected chi connectivity index (χ4v) is 4.39. The molecule has 1 aromatic carbocycles. The minimum Gasteiger partial charge on any atom is -0.373 e. The fraction of sp³-hybridized carbons (Fsp3) is 0.478. The Kier molecular flexibility index (Phi) is 5.47. The Balaban J connectivity index is 1.32. The molecular formula is C23H29N3O2. The van der Waals surface area contributed by atoms with Gasteiger partial charge in [0.25, 0.3) is 5.91 Å². The normalized spacial score (nSPS) is 21.4. The number of pyridine rings is 1. The standard InChI is InChI=1S/C23H29N3O2/c1-18-7-6-10-21(24-18)22(27)26-13-11-23(12-14-26)15-20(17-28-23)25(2)16-19-8-4-3-5-9-19/h3-10,20H,11-17H2,1-2H3/t20-/m1/s1. The Hall–Kier alpha value is -2.24. The average Bonchev–Trinajstić information content (AvgIpc) is 3.13. The Morgan fingerprint density at radius 2 is 1.93 bits per heavy atom. The number of hydrogen-bond acceptors (Lipinski definition) is 4. The number of aryl methyl sites for hydroxylation is 1. The van der Waals surface area contributed by atoms with Gasteiger partial charge in [-0.3, -0.25) is 9.69 Å². The van der Waals surface area contributed by atoms with Gasteiger partial charge >= 0.3 is 0 Å². The van der Waals surface area contributed by atoms with Crippen molar-refractivity contribution in [1.29, 1.82) is 0 Å². The molecule has 28 heavy (non-hydrogen) atoms. The van der Waals surface area contributed by atoms with Gasteiger partial charge in [0.2, 0.25) is 0 Å². The van der Waals surface area contributed by atoms with Crippen LogP contribution in [0.2, 0.25) is 0 Å². The van der Waals surface area contributed by atoms with Gasteiger partial charge in [-0.15, -0.1) is 0 Å². The highest BCUT2D eigenvalue weighted by Crippen LogP contribution is 2.38. The summed E-state index contributed by atoms with van der Waals surface area (Å²) >= 11 is 0. The van der Waals surface area contributed by atoms with Crippen molar-refractivity contribution >= 4 is 5.91 Å². The van der Waals surface area contributed by atoms with E-state index in [1.165, 1.54) is 5.56 Å². The van der Waals surface area contributed by atoms with E-state index in [9.17, 15) is 4.79 Å². The van der Waals surface area contributed by atoms with Gasteiger partial charge in [-0.2, -0.15) is 0 Å². The summed E-state index contributed by atoms with van der Waals surface area (Å²) < 4.78 is 6.31. The summed E-state index contributed by atoms with van der Waals surface area (Å²) in [7, 11) is 2.18. The second-order valence-electron chi connectivity index (χ2n) is 8.21. The van der Waals surface area contributed by atoms with Crippen molar-refractivity contribution in [3.63, 3.8) is 0 Å². The molecule has 1 aromatic heterocycles. The largest absolute Gasteiger partial charge is 0.373 e. The second kappa shape index (κ2) is 8.02. The first-order valence-electron chi connectivity index (χ1n) is 10.2. The van der Waals surface area contributed by atoms with Crippen LogP contribution in [0.4, 0.5) is 0 Å². The highest BCUT2D eigenvalue weighted by molar-refractivity contribution is 5.92. The van der Waals surface area contributed by atoms with E-state index in [1.807, 2.05) is 24.0 Å². The number of ether oxygens (including phenoxy) is 1. The van der Waals surface area contributed by atoms with Crippen LogP contribution in [0.1, 0.15) is 41.0 Å². The zero-order chi connectivity index (χ0) is 19.6. The van der Waals surface area contributed by atoms with Crippen LogP contribution < -0.4 is 0 Å². The molecule has 2 saturated heterocycles. The van der Waals surface area contributed by atoms with Crippen molar-refractivity contribution in [3.8, 4) is 0 Å². The van der Waals surface area contributed by atoms with Crippen LogP contribution in [0, 0.1) is 6.92 Å². The molecule has 0 bridgehead atoms. The predicted molar refractivity (Wildman–Crippen MR) is 109 cm³/mol. The summed E-state index contributed by atoms with van der Waals surface area (Å²) in [5, 5.41) is 0. The number of likely N-dealkylation sites (N-methyl/N-ethyl adjacent to an activating group) is 1. The molecule has 5 nitrogen and oxygen atoms in total. The Labute approximate surface area is 167 Å². The summed E-state index contributed by atoms with van der Waals surface area (Å²) in [6, 6.07) is 16.6. The molecular weight excluding hydrogens is 350 g/mol. The molecule has 2 aromatic rings. The zero-order valence-electron chi connectivity index (χ0n) is 16.8.